The maximum Gasteiger partial charge on any atom is 0.248 e. The summed E-state index contributed by atoms with van der Waals surface area (Å²) in [4.78, 5) is 31.1. The summed E-state index contributed by atoms with van der Waals surface area (Å²) < 4.78 is 5.39. The molecular formula is C19H33N3O3. The highest BCUT2D eigenvalue weighted by molar-refractivity contribution is 5.78. The van der Waals surface area contributed by atoms with Gasteiger partial charge in [-0.1, -0.05) is 6.92 Å². The molecule has 3 aliphatic heterocycles. The SMILES string of the molecule is CCCOCC(=O)N1CCC2(CCC(=O)N(C3CCN(C)C3)C2)CC1. The van der Waals surface area contributed by atoms with Crippen LogP contribution in [0.5, 0.6) is 0 Å². The van der Waals surface area contributed by atoms with E-state index in [2.05, 4.69) is 16.8 Å². The van der Waals surface area contributed by atoms with E-state index in [1.807, 2.05) is 11.8 Å². The largest absolute Gasteiger partial charge is 0.372 e. The second-order valence-corrected chi connectivity index (χ2v) is 8.16. The molecule has 3 rings (SSSR count). The summed E-state index contributed by atoms with van der Waals surface area (Å²) >= 11 is 0. The molecule has 3 heterocycles. The number of piperidine rings is 2. The highest BCUT2D eigenvalue weighted by Gasteiger charge is 2.44. The summed E-state index contributed by atoms with van der Waals surface area (Å²) in [6.07, 6.45) is 5.72. The first-order valence-corrected chi connectivity index (χ1v) is 9.86. The number of amides is 2. The van der Waals surface area contributed by atoms with Gasteiger partial charge in [0.15, 0.2) is 0 Å². The Morgan fingerprint density at radius 3 is 2.64 bits per heavy atom. The van der Waals surface area contributed by atoms with Crippen LogP contribution in [-0.4, -0.2) is 85.5 Å². The van der Waals surface area contributed by atoms with Gasteiger partial charge in [0.25, 0.3) is 0 Å². The second kappa shape index (κ2) is 8.04. The topological polar surface area (TPSA) is 53.1 Å². The minimum Gasteiger partial charge on any atom is -0.372 e. The fraction of sp³-hybridized carbons (Fsp3) is 0.895. The second-order valence-electron chi connectivity index (χ2n) is 8.16. The van der Waals surface area contributed by atoms with Crippen molar-refractivity contribution < 1.29 is 14.3 Å². The number of likely N-dealkylation sites (N-methyl/N-ethyl adjacent to an activating group) is 1. The third-order valence-corrected chi connectivity index (χ3v) is 6.25. The maximum absolute atomic E-state index is 12.5. The Kier molecular flexibility index (Phi) is 6.00. The van der Waals surface area contributed by atoms with E-state index in [1.165, 1.54) is 0 Å². The quantitative estimate of drug-likeness (QED) is 0.702. The maximum atomic E-state index is 12.5. The molecule has 0 aromatic heterocycles. The van der Waals surface area contributed by atoms with Gasteiger partial charge in [-0.05, 0) is 51.1 Å². The van der Waals surface area contributed by atoms with Gasteiger partial charge >= 0.3 is 0 Å². The highest BCUT2D eigenvalue weighted by Crippen LogP contribution is 2.41. The lowest BCUT2D eigenvalue weighted by atomic mass is 9.72. The fourth-order valence-corrected chi connectivity index (χ4v) is 4.58. The van der Waals surface area contributed by atoms with E-state index in [0.717, 1.165) is 64.8 Å². The van der Waals surface area contributed by atoms with E-state index in [-0.39, 0.29) is 17.9 Å². The fourth-order valence-electron chi connectivity index (χ4n) is 4.58. The van der Waals surface area contributed by atoms with Crippen molar-refractivity contribution in [2.24, 2.45) is 5.41 Å². The summed E-state index contributed by atoms with van der Waals surface area (Å²) in [5.74, 6) is 0.446. The third kappa shape index (κ3) is 4.34. The van der Waals surface area contributed by atoms with E-state index in [0.29, 0.717) is 25.0 Å². The highest BCUT2D eigenvalue weighted by atomic mass is 16.5. The molecule has 1 unspecified atom stereocenters. The molecule has 1 spiro atoms. The minimum absolute atomic E-state index is 0.115. The molecule has 0 saturated carbocycles. The number of rotatable bonds is 5. The van der Waals surface area contributed by atoms with Gasteiger partial charge in [0.2, 0.25) is 11.8 Å². The van der Waals surface area contributed by atoms with Gasteiger partial charge in [0.1, 0.15) is 6.61 Å². The number of hydrogen-bond donors (Lipinski definition) is 0. The van der Waals surface area contributed by atoms with Crippen LogP contribution in [0, 0.1) is 5.41 Å². The molecule has 6 heteroatoms. The number of carbonyl (C=O) groups is 2. The van der Waals surface area contributed by atoms with E-state index >= 15 is 0 Å². The lowest BCUT2D eigenvalue weighted by Gasteiger charge is -2.49. The van der Waals surface area contributed by atoms with Crippen LogP contribution in [0.25, 0.3) is 0 Å². The molecule has 0 bridgehead atoms. The Bertz CT molecular complexity index is 488. The molecule has 0 aromatic carbocycles. The molecule has 142 valence electrons. The number of carbonyl (C=O) groups excluding carboxylic acids is 2. The Hall–Kier alpha value is -1.14. The van der Waals surface area contributed by atoms with Crippen molar-refractivity contribution in [2.75, 3.05) is 53.0 Å². The van der Waals surface area contributed by atoms with Gasteiger partial charge in [-0.3, -0.25) is 9.59 Å². The van der Waals surface area contributed by atoms with Gasteiger partial charge in [0, 0.05) is 45.2 Å². The molecule has 0 radical (unpaired) electrons. The molecule has 3 aliphatic rings. The molecule has 0 N–H and O–H groups in total. The van der Waals surface area contributed by atoms with Crippen molar-refractivity contribution in [3.05, 3.63) is 0 Å². The first kappa shape index (κ1) is 18.6. The lowest BCUT2D eigenvalue weighted by molar-refractivity contribution is -0.146. The van der Waals surface area contributed by atoms with Gasteiger partial charge in [-0.2, -0.15) is 0 Å². The van der Waals surface area contributed by atoms with Gasteiger partial charge in [0.05, 0.1) is 0 Å². The van der Waals surface area contributed by atoms with Crippen LogP contribution in [0.15, 0.2) is 0 Å². The minimum atomic E-state index is 0.115. The van der Waals surface area contributed by atoms with Crippen LogP contribution in [0.2, 0.25) is 0 Å². The Balaban J connectivity index is 1.53. The van der Waals surface area contributed by atoms with Crippen LogP contribution >= 0.6 is 0 Å². The van der Waals surface area contributed by atoms with E-state index in [9.17, 15) is 9.59 Å². The monoisotopic (exact) mass is 351 g/mol. The standard InChI is InChI=1S/C19H33N3O3/c1-3-12-25-14-18(24)21-10-7-19(8-11-21)6-4-17(23)22(15-19)16-5-9-20(2)13-16/h16H,3-15H2,1-2H3. The molecular weight excluding hydrogens is 318 g/mol. The van der Waals surface area contributed by atoms with Crippen molar-refractivity contribution >= 4 is 11.8 Å². The zero-order chi connectivity index (χ0) is 17.9. The lowest BCUT2D eigenvalue weighted by Crippen LogP contribution is -2.55. The van der Waals surface area contributed by atoms with Crippen LogP contribution < -0.4 is 0 Å². The number of likely N-dealkylation sites (tertiary alicyclic amines) is 3. The Morgan fingerprint density at radius 2 is 2.00 bits per heavy atom. The van der Waals surface area contributed by atoms with E-state index < -0.39 is 0 Å². The molecule has 6 nitrogen and oxygen atoms in total. The summed E-state index contributed by atoms with van der Waals surface area (Å²) in [5, 5.41) is 0. The smallest absolute Gasteiger partial charge is 0.248 e. The molecule has 3 saturated heterocycles. The normalized spacial score (nSPS) is 27.3. The summed E-state index contributed by atoms with van der Waals surface area (Å²) in [5.41, 5.74) is 0.218. The van der Waals surface area contributed by atoms with Crippen LogP contribution in [-0.2, 0) is 14.3 Å². The molecule has 1 atom stereocenters. The van der Waals surface area contributed by atoms with Gasteiger partial charge in [-0.15, -0.1) is 0 Å². The molecule has 25 heavy (non-hydrogen) atoms. The van der Waals surface area contributed by atoms with Crippen molar-refractivity contribution in [2.45, 2.75) is 51.5 Å². The summed E-state index contributed by atoms with van der Waals surface area (Å²) in [6, 6.07) is 0.386. The summed E-state index contributed by atoms with van der Waals surface area (Å²) in [6.45, 7) is 7.49. The van der Waals surface area contributed by atoms with Crippen molar-refractivity contribution in [3.63, 3.8) is 0 Å². The third-order valence-electron chi connectivity index (χ3n) is 6.25. The summed E-state index contributed by atoms with van der Waals surface area (Å²) in [7, 11) is 2.13. The first-order valence-electron chi connectivity index (χ1n) is 9.86. The zero-order valence-electron chi connectivity index (χ0n) is 15.8. The Labute approximate surface area is 151 Å². The number of nitrogens with zero attached hydrogens (tertiary/aromatic N) is 3. The molecule has 0 aromatic rings. The molecule has 2 amide bonds. The Morgan fingerprint density at radius 1 is 1.24 bits per heavy atom. The van der Waals surface area contributed by atoms with Crippen LogP contribution in [0.3, 0.4) is 0 Å². The molecule has 0 aliphatic carbocycles. The predicted molar refractivity (Wildman–Crippen MR) is 96.2 cm³/mol. The number of ether oxygens (including phenoxy) is 1. The van der Waals surface area contributed by atoms with Crippen molar-refractivity contribution in [3.8, 4) is 0 Å². The van der Waals surface area contributed by atoms with E-state index in [1.54, 1.807) is 0 Å². The van der Waals surface area contributed by atoms with Crippen LogP contribution in [0.1, 0.15) is 45.4 Å². The first-order chi connectivity index (χ1) is 12.0. The van der Waals surface area contributed by atoms with Gasteiger partial charge < -0.3 is 19.4 Å². The average molecular weight is 351 g/mol. The number of hydrogen-bond acceptors (Lipinski definition) is 4. The predicted octanol–water partition coefficient (Wildman–Crippen LogP) is 1.35. The van der Waals surface area contributed by atoms with Crippen molar-refractivity contribution in [1.29, 1.82) is 0 Å². The van der Waals surface area contributed by atoms with Crippen LogP contribution in [0.4, 0.5) is 0 Å². The van der Waals surface area contributed by atoms with Crippen molar-refractivity contribution in [1.82, 2.24) is 14.7 Å². The molecule has 3 fully saturated rings. The average Bonchev–Trinajstić information content (AvgIpc) is 3.04. The van der Waals surface area contributed by atoms with E-state index in [4.69, 9.17) is 4.74 Å². The van der Waals surface area contributed by atoms with Gasteiger partial charge in [-0.25, -0.2) is 0 Å². The zero-order valence-corrected chi connectivity index (χ0v) is 15.8.